The number of fused-ring (bicyclic) bond motifs is 1. The zero-order valence-corrected chi connectivity index (χ0v) is 12.7. The van der Waals surface area contributed by atoms with Crippen molar-refractivity contribution in [2.45, 2.75) is 0 Å². The maximum Gasteiger partial charge on any atom is 0.139 e. The number of rotatable bonds is 5. The molecule has 0 radical (unpaired) electrons. The molecular weight excluding hydrogens is 281 g/mol. The van der Waals surface area contributed by atoms with Crippen LogP contribution >= 0.6 is 0 Å². The summed E-state index contributed by atoms with van der Waals surface area (Å²) in [5.41, 5.74) is 3.72. The number of alkyl halides is 1. The Labute approximate surface area is 128 Å². The van der Waals surface area contributed by atoms with Gasteiger partial charge in [0.1, 0.15) is 18.1 Å². The van der Waals surface area contributed by atoms with E-state index in [0.29, 0.717) is 6.54 Å². The first-order valence-corrected chi connectivity index (χ1v) is 7.11. The van der Waals surface area contributed by atoms with E-state index >= 15 is 0 Å². The van der Waals surface area contributed by atoms with E-state index in [1.807, 2.05) is 65.1 Å². The average Bonchev–Trinajstić information content (AvgIpc) is 2.98. The van der Waals surface area contributed by atoms with Crippen molar-refractivity contribution in [2.75, 3.05) is 32.3 Å². The minimum absolute atomic E-state index is 0.368. The molecule has 114 valence electrons. The number of ether oxygens (including phenoxy) is 1. The van der Waals surface area contributed by atoms with Crippen molar-refractivity contribution in [2.24, 2.45) is 0 Å². The predicted molar refractivity (Wildman–Crippen MR) is 86.4 cm³/mol. The number of methoxy groups -OCH3 is 1. The smallest absolute Gasteiger partial charge is 0.139 e. The standard InChI is InChI=1S/C17H18FN3O/c1-20(10-8-18)14-7-9-21-12-16(19-17(21)11-14)13-3-5-15(22-2)6-4-13/h3-7,9,11-12H,8,10H2,1-2H3. The number of pyridine rings is 1. The highest BCUT2D eigenvalue weighted by Crippen LogP contribution is 2.23. The molecule has 0 fully saturated rings. The number of benzene rings is 1. The Kier molecular flexibility index (Phi) is 3.96. The maximum absolute atomic E-state index is 12.5. The van der Waals surface area contributed by atoms with Gasteiger partial charge in [0.15, 0.2) is 0 Å². The average molecular weight is 299 g/mol. The Balaban J connectivity index is 1.94. The Hall–Kier alpha value is -2.56. The third kappa shape index (κ3) is 2.74. The number of imidazole rings is 1. The summed E-state index contributed by atoms with van der Waals surface area (Å²) in [4.78, 5) is 6.52. The van der Waals surface area contributed by atoms with E-state index in [4.69, 9.17) is 4.74 Å². The molecule has 2 aromatic heterocycles. The summed E-state index contributed by atoms with van der Waals surface area (Å²) in [5.74, 6) is 0.822. The van der Waals surface area contributed by atoms with Crippen LogP contribution in [0.1, 0.15) is 0 Å². The molecule has 0 aliphatic heterocycles. The van der Waals surface area contributed by atoms with E-state index < -0.39 is 0 Å². The first-order chi connectivity index (χ1) is 10.7. The lowest BCUT2D eigenvalue weighted by molar-refractivity contribution is 0.415. The number of hydrogen-bond acceptors (Lipinski definition) is 3. The predicted octanol–water partition coefficient (Wildman–Crippen LogP) is 3.42. The van der Waals surface area contributed by atoms with Crippen molar-refractivity contribution in [3.8, 4) is 17.0 Å². The number of aromatic nitrogens is 2. The Bertz CT molecular complexity index is 767. The SMILES string of the molecule is COc1ccc(-c2cn3ccc(N(C)CCF)cc3n2)cc1. The third-order valence-electron chi connectivity index (χ3n) is 3.69. The largest absolute Gasteiger partial charge is 0.497 e. The van der Waals surface area contributed by atoms with Crippen LogP contribution in [0.3, 0.4) is 0 Å². The van der Waals surface area contributed by atoms with Gasteiger partial charge in [-0.3, -0.25) is 0 Å². The fourth-order valence-corrected chi connectivity index (χ4v) is 2.37. The summed E-state index contributed by atoms with van der Waals surface area (Å²) >= 11 is 0. The highest BCUT2D eigenvalue weighted by Gasteiger charge is 2.07. The van der Waals surface area contributed by atoms with Crippen LogP contribution in [0.2, 0.25) is 0 Å². The number of anilines is 1. The Morgan fingerprint density at radius 1 is 1.23 bits per heavy atom. The normalized spacial score (nSPS) is 10.9. The zero-order chi connectivity index (χ0) is 15.5. The van der Waals surface area contributed by atoms with Crippen molar-refractivity contribution < 1.29 is 9.13 Å². The van der Waals surface area contributed by atoms with Gasteiger partial charge in [0.05, 0.1) is 12.8 Å². The van der Waals surface area contributed by atoms with Gasteiger partial charge in [-0.05, 0) is 30.3 Å². The molecule has 2 heterocycles. The maximum atomic E-state index is 12.5. The number of nitrogens with zero attached hydrogens (tertiary/aromatic N) is 3. The molecule has 0 atom stereocenters. The topological polar surface area (TPSA) is 29.8 Å². The van der Waals surface area contributed by atoms with Gasteiger partial charge in [0, 0.05) is 43.3 Å². The van der Waals surface area contributed by atoms with E-state index in [-0.39, 0.29) is 6.67 Å². The van der Waals surface area contributed by atoms with Gasteiger partial charge in [0.2, 0.25) is 0 Å². The first-order valence-electron chi connectivity index (χ1n) is 7.11. The Morgan fingerprint density at radius 3 is 2.68 bits per heavy atom. The molecule has 4 nitrogen and oxygen atoms in total. The van der Waals surface area contributed by atoms with Gasteiger partial charge in [-0.2, -0.15) is 0 Å². The molecular formula is C17H18FN3O. The second-order valence-corrected chi connectivity index (χ2v) is 5.12. The van der Waals surface area contributed by atoms with Crippen molar-refractivity contribution in [1.82, 2.24) is 9.38 Å². The van der Waals surface area contributed by atoms with Gasteiger partial charge < -0.3 is 14.0 Å². The molecule has 0 amide bonds. The van der Waals surface area contributed by atoms with Crippen LogP contribution in [0.5, 0.6) is 5.75 Å². The first kappa shape index (κ1) is 14.4. The summed E-state index contributed by atoms with van der Waals surface area (Å²) in [5, 5.41) is 0. The van der Waals surface area contributed by atoms with E-state index in [1.165, 1.54) is 0 Å². The van der Waals surface area contributed by atoms with Gasteiger partial charge in [-0.1, -0.05) is 0 Å². The van der Waals surface area contributed by atoms with E-state index in [0.717, 1.165) is 28.3 Å². The van der Waals surface area contributed by atoms with E-state index in [1.54, 1.807) is 7.11 Å². The lowest BCUT2D eigenvalue weighted by Crippen LogP contribution is -2.19. The summed E-state index contributed by atoms with van der Waals surface area (Å²) in [6, 6.07) is 11.7. The molecule has 5 heteroatoms. The third-order valence-corrected chi connectivity index (χ3v) is 3.69. The molecule has 0 saturated heterocycles. The van der Waals surface area contributed by atoms with E-state index in [9.17, 15) is 4.39 Å². The second-order valence-electron chi connectivity index (χ2n) is 5.12. The van der Waals surface area contributed by atoms with Crippen molar-refractivity contribution in [1.29, 1.82) is 0 Å². The van der Waals surface area contributed by atoms with Crippen LogP contribution in [0.25, 0.3) is 16.9 Å². The fraction of sp³-hybridized carbons (Fsp3) is 0.235. The van der Waals surface area contributed by atoms with Crippen molar-refractivity contribution in [3.63, 3.8) is 0 Å². The van der Waals surface area contributed by atoms with Crippen LogP contribution in [0, 0.1) is 0 Å². The number of halogens is 1. The minimum Gasteiger partial charge on any atom is -0.497 e. The van der Waals surface area contributed by atoms with Crippen LogP contribution < -0.4 is 9.64 Å². The van der Waals surface area contributed by atoms with Gasteiger partial charge in [-0.15, -0.1) is 0 Å². The molecule has 0 bridgehead atoms. The lowest BCUT2D eigenvalue weighted by atomic mass is 10.2. The summed E-state index contributed by atoms with van der Waals surface area (Å²) in [7, 11) is 3.52. The molecule has 0 unspecified atom stereocenters. The zero-order valence-electron chi connectivity index (χ0n) is 12.7. The van der Waals surface area contributed by atoms with Crippen molar-refractivity contribution in [3.05, 3.63) is 48.8 Å². The monoisotopic (exact) mass is 299 g/mol. The number of hydrogen-bond donors (Lipinski definition) is 0. The fourth-order valence-electron chi connectivity index (χ4n) is 2.37. The van der Waals surface area contributed by atoms with Gasteiger partial charge in [0.25, 0.3) is 0 Å². The summed E-state index contributed by atoms with van der Waals surface area (Å²) in [6.45, 7) is 0.00936. The van der Waals surface area contributed by atoms with Crippen LogP contribution in [0.4, 0.5) is 10.1 Å². The minimum atomic E-state index is -0.368. The molecule has 22 heavy (non-hydrogen) atoms. The van der Waals surface area contributed by atoms with Crippen LogP contribution in [0.15, 0.2) is 48.8 Å². The molecule has 0 aliphatic rings. The molecule has 3 rings (SSSR count). The highest BCUT2D eigenvalue weighted by molar-refractivity contribution is 5.65. The summed E-state index contributed by atoms with van der Waals surface area (Å²) in [6.07, 6.45) is 3.93. The van der Waals surface area contributed by atoms with E-state index in [2.05, 4.69) is 4.98 Å². The quantitative estimate of drug-likeness (QED) is 0.723. The van der Waals surface area contributed by atoms with Crippen LogP contribution in [-0.2, 0) is 0 Å². The highest BCUT2D eigenvalue weighted by atomic mass is 19.1. The Morgan fingerprint density at radius 2 is 2.00 bits per heavy atom. The van der Waals surface area contributed by atoms with Crippen molar-refractivity contribution >= 4 is 11.3 Å². The molecule has 1 aromatic carbocycles. The second kappa shape index (κ2) is 6.05. The molecule has 0 saturated carbocycles. The van der Waals surface area contributed by atoms with Crippen LogP contribution in [-0.4, -0.2) is 36.8 Å². The molecule has 0 spiro atoms. The van der Waals surface area contributed by atoms with Gasteiger partial charge >= 0.3 is 0 Å². The molecule has 0 N–H and O–H groups in total. The molecule has 0 aliphatic carbocycles. The van der Waals surface area contributed by atoms with Gasteiger partial charge in [-0.25, -0.2) is 9.37 Å². The lowest BCUT2D eigenvalue weighted by Gasteiger charge is -2.17. The molecule has 3 aromatic rings. The summed E-state index contributed by atoms with van der Waals surface area (Å²) < 4.78 is 19.6.